The molecule has 1 aromatic carbocycles. The molecule has 5 nitrogen and oxygen atoms in total. The van der Waals surface area contributed by atoms with Crippen LogP contribution in [0.5, 0.6) is 0 Å². The first kappa shape index (κ1) is 26.4. The van der Waals surface area contributed by atoms with E-state index in [4.69, 9.17) is 0 Å². The van der Waals surface area contributed by atoms with Crippen LogP contribution in [0.25, 0.3) is 0 Å². The standard InChI is InChI=1S/C25H43N5.HI/c1-22-10-9-11-23(20-22)21-30-18-12-24(13-19-30)28-25(26-2)27-14-5-3-6-15-29-16-7-4-8-17-29;/h9-11,20,24H,3-8,12-19,21H2,1-2H3,(H2,26,27,28);1H. The quantitative estimate of drug-likeness (QED) is 0.211. The molecule has 2 N–H and O–H groups in total. The second-order valence-electron chi connectivity index (χ2n) is 9.15. The summed E-state index contributed by atoms with van der Waals surface area (Å²) < 4.78 is 0. The van der Waals surface area contributed by atoms with Gasteiger partial charge in [0.2, 0.25) is 0 Å². The molecular weight excluding hydrogens is 497 g/mol. The molecule has 2 aliphatic heterocycles. The third-order valence-electron chi connectivity index (χ3n) is 6.53. The lowest BCUT2D eigenvalue weighted by Gasteiger charge is -2.33. The molecule has 2 heterocycles. The van der Waals surface area contributed by atoms with Gasteiger partial charge in [-0.15, -0.1) is 24.0 Å². The molecule has 0 unspecified atom stereocenters. The maximum atomic E-state index is 4.44. The van der Waals surface area contributed by atoms with E-state index in [1.54, 1.807) is 0 Å². The van der Waals surface area contributed by atoms with Crippen molar-refractivity contribution in [3.8, 4) is 0 Å². The summed E-state index contributed by atoms with van der Waals surface area (Å²) in [6, 6.07) is 9.43. The average molecular weight is 542 g/mol. The summed E-state index contributed by atoms with van der Waals surface area (Å²) in [6.07, 6.45) is 10.4. The summed E-state index contributed by atoms with van der Waals surface area (Å²) in [7, 11) is 1.89. The molecule has 0 spiro atoms. The van der Waals surface area contributed by atoms with Gasteiger partial charge in [-0.2, -0.15) is 0 Å². The number of nitrogens with one attached hydrogen (secondary N) is 2. The number of rotatable bonds is 9. The Morgan fingerprint density at radius 3 is 2.48 bits per heavy atom. The molecule has 0 atom stereocenters. The third-order valence-corrected chi connectivity index (χ3v) is 6.53. The fourth-order valence-electron chi connectivity index (χ4n) is 4.72. The molecule has 0 aliphatic carbocycles. The lowest BCUT2D eigenvalue weighted by molar-refractivity contribution is 0.198. The number of unbranched alkanes of at least 4 members (excludes halogenated alkanes) is 2. The minimum atomic E-state index is 0. The van der Waals surface area contributed by atoms with Gasteiger partial charge in [-0.05, 0) is 70.6 Å². The Labute approximate surface area is 207 Å². The minimum Gasteiger partial charge on any atom is -0.356 e. The van der Waals surface area contributed by atoms with Crippen LogP contribution in [0.3, 0.4) is 0 Å². The summed E-state index contributed by atoms with van der Waals surface area (Å²) in [5.74, 6) is 0.975. The van der Waals surface area contributed by atoms with Crippen LogP contribution in [0.2, 0.25) is 0 Å². The predicted octanol–water partition coefficient (Wildman–Crippen LogP) is 4.40. The van der Waals surface area contributed by atoms with E-state index in [9.17, 15) is 0 Å². The molecule has 2 saturated heterocycles. The van der Waals surface area contributed by atoms with E-state index in [0.717, 1.165) is 32.1 Å². The first-order valence-corrected chi connectivity index (χ1v) is 12.2. The lowest BCUT2D eigenvalue weighted by Crippen LogP contribution is -2.48. The Balaban J connectivity index is 0.00000341. The number of halogens is 1. The highest BCUT2D eigenvalue weighted by atomic mass is 127. The van der Waals surface area contributed by atoms with Crippen molar-refractivity contribution in [2.45, 2.75) is 70.9 Å². The van der Waals surface area contributed by atoms with Gasteiger partial charge in [-0.3, -0.25) is 9.89 Å². The molecule has 0 radical (unpaired) electrons. The van der Waals surface area contributed by atoms with Gasteiger partial charge in [0, 0.05) is 39.3 Å². The van der Waals surface area contributed by atoms with Crippen LogP contribution in [-0.2, 0) is 6.54 Å². The van der Waals surface area contributed by atoms with Gasteiger partial charge in [0.1, 0.15) is 0 Å². The minimum absolute atomic E-state index is 0. The van der Waals surface area contributed by atoms with Crippen LogP contribution in [0.4, 0.5) is 0 Å². The Kier molecular flexibility index (Phi) is 12.8. The summed E-state index contributed by atoms with van der Waals surface area (Å²) in [4.78, 5) is 9.66. The summed E-state index contributed by atoms with van der Waals surface area (Å²) in [5, 5.41) is 7.17. The molecule has 0 bridgehead atoms. The molecule has 6 heteroatoms. The smallest absolute Gasteiger partial charge is 0.191 e. The van der Waals surface area contributed by atoms with Crippen LogP contribution in [0, 0.1) is 6.92 Å². The van der Waals surface area contributed by atoms with Gasteiger partial charge in [0.25, 0.3) is 0 Å². The number of likely N-dealkylation sites (tertiary alicyclic amines) is 2. The molecule has 2 aliphatic rings. The number of aryl methyl sites for hydroxylation is 1. The number of aliphatic imine (C=N–C) groups is 1. The van der Waals surface area contributed by atoms with Gasteiger partial charge in [-0.25, -0.2) is 0 Å². The largest absolute Gasteiger partial charge is 0.356 e. The van der Waals surface area contributed by atoms with Gasteiger partial charge < -0.3 is 15.5 Å². The Bertz CT molecular complexity index is 637. The maximum absolute atomic E-state index is 4.44. The van der Waals surface area contributed by atoms with Crippen molar-refractivity contribution in [2.75, 3.05) is 46.3 Å². The molecular formula is C25H44IN5. The van der Waals surface area contributed by atoms with Crippen molar-refractivity contribution in [1.82, 2.24) is 20.4 Å². The SMILES string of the molecule is CN=C(NCCCCCN1CCCCC1)NC1CCN(Cc2cccc(C)c2)CC1.I. The fraction of sp³-hybridized carbons (Fsp3) is 0.720. The topological polar surface area (TPSA) is 42.9 Å². The molecule has 176 valence electrons. The highest BCUT2D eigenvalue weighted by Gasteiger charge is 2.20. The number of hydrogen-bond donors (Lipinski definition) is 2. The molecule has 31 heavy (non-hydrogen) atoms. The normalized spacial score (nSPS) is 19.1. The van der Waals surface area contributed by atoms with Gasteiger partial charge >= 0.3 is 0 Å². The van der Waals surface area contributed by atoms with Crippen molar-refractivity contribution in [1.29, 1.82) is 0 Å². The van der Waals surface area contributed by atoms with Crippen molar-refractivity contribution < 1.29 is 0 Å². The van der Waals surface area contributed by atoms with E-state index in [1.165, 1.54) is 82.1 Å². The predicted molar refractivity (Wildman–Crippen MR) is 144 cm³/mol. The number of benzene rings is 1. The fourth-order valence-corrected chi connectivity index (χ4v) is 4.72. The van der Waals surface area contributed by atoms with Gasteiger partial charge in [0.15, 0.2) is 5.96 Å². The van der Waals surface area contributed by atoms with Crippen molar-refractivity contribution in [3.05, 3.63) is 35.4 Å². The van der Waals surface area contributed by atoms with Gasteiger partial charge in [0.05, 0.1) is 0 Å². The second-order valence-corrected chi connectivity index (χ2v) is 9.15. The first-order chi connectivity index (χ1) is 14.7. The molecule has 2 fully saturated rings. The van der Waals surface area contributed by atoms with Crippen LogP contribution >= 0.6 is 24.0 Å². The van der Waals surface area contributed by atoms with Crippen molar-refractivity contribution >= 4 is 29.9 Å². The molecule has 0 saturated carbocycles. The first-order valence-electron chi connectivity index (χ1n) is 12.2. The Morgan fingerprint density at radius 2 is 1.77 bits per heavy atom. The number of nitrogens with zero attached hydrogens (tertiary/aromatic N) is 3. The Morgan fingerprint density at radius 1 is 1.00 bits per heavy atom. The van der Waals surface area contributed by atoms with Crippen LogP contribution < -0.4 is 10.6 Å². The zero-order chi connectivity index (χ0) is 21.0. The van der Waals surface area contributed by atoms with Crippen LogP contribution in [-0.4, -0.2) is 68.1 Å². The zero-order valence-corrected chi connectivity index (χ0v) is 22.1. The zero-order valence-electron chi connectivity index (χ0n) is 19.7. The number of guanidine groups is 1. The second kappa shape index (κ2) is 15.1. The van der Waals surface area contributed by atoms with Crippen LogP contribution in [0.15, 0.2) is 29.3 Å². The van der Waals surface area contributed by atoms with Crippen molar-refractivity contribution in [3.63, 3.8) is 0 Å². The maximum Gasteiger partial charge on any atom is 0.191 e. The van der Waals surface area contributed by atoms with Crippen molar-refractivity contribution in [2.24, 2.45) is 4.99 Å². The van der Waals surface area contributed by atoms with E-state index in [-0.39, 0.29) is 24.0 Å². The molecule has 3 rings (SSSR count). The summed E-state index contributed by atoms with van der Waals surface area (Å²) in [5.41, 5.74) is 2.78. The van der Waals surface area contributed by atoms with Gasteiger partial charge in [-0.1, -0.05) is 42.7 Å². The number of piperidine rings is 2. The van der Waals surface area contributed by atoms with E-state index in [2.05, 4.69) is 56.6 Å². The van der Waals surface area contributed by atoms with E-state index < -0.39 is 0 Å². The lowest BCUT2D eigenvalue weighted by atomic mass is 10.0. The van der Waals surface area contributed by atoms with Crippen LogP contribution in [0.1, 0.15) is 62.5 Å². The molecule has 0 amide bonds. The number of hydrogen-bond acceptors (Lipinski definition) is 3. The molecule has 1 aromatic rings. The highest BCUT2D eigenvalue weighted by Crippen LogP contribution is 2.15. The summed E-state index contributed by atoms with van der Waals surface area (Å²) >= 11 is 0. The van der Waals surface area contributed by atoms with E-state index >= 15 is 0 Å². The van der Waals surface area contributed by atoms with E-state index in [0.29, 0.717) is 6.04 Å². The monoisotopic (exact) mass is 541 g/mol. The molecule has 0 aromatic heterocycles. The highest BCUT2D eigenvalue weighted by molar-refractivity contribution is 14.0. The average Bonchev–Trinajstić information content (AvgIpc) is 2.77. The summed E-state index contributed by atoms with van der Waals surface area (Å²) in [6.45, 7) is 10.5. The Hall–Kier alpha value is -0.860. The van der Waals surface area contributed by atoms with E-state index in [1.807, 2.05) is 7.05 Å². The third kappa shape index (κ3) is 10.1.